The molecule has 0 unspecified atom stereocenters. The number of hydrogen-bond donors (Lipinski definition) is 1. The fourth-order valence-corrected chi connectivity index (χ4v) is 3.16. The van der Waals surface area contributed by atoms with Crippen molar-refractivity contribution in [3.8, 4) is 22.6 Å². The van der Waals surface area contributed by atoms with Gasteiger partial charge in [-0.05, 0) is 43.7 Å². The van der Waals surface area contributed by atoms with E-state index in [1.807, 2.05) is 6.92 Å². The molecular formula is C20H19NO5. The molecule has 1 heterocycles. The third kappa shape index (κ3) is 2.79. The lowest BCUT2D eigenvalue weighted by atomic mass is 9.99. The molecule has 0 radical (unpaired) electrons. The Kier molecular flexibility index (Phi) is 4.42. The van der Waals surface area contributed by atoms with Gasteiger partial charge in [0.15, 0.2) is 5.43 Å². The quantitative estimate of drug-likeness (QED) is 0.774. The van der Waals surface area contributed by atoms with Gasteiger partial charge in [-0.3, -0.25) is 4.79 Å². The van der Waals surface area contributed by atoms with Gasteiger partial charge in [0.1, 0.15) is 11.5 Å². The van der Waals surface area contributed by atoms with Crippen molar-refractivity contribution in [2.75, 3.05) is 14.2 Å². The molecule has 26 heavy (non-hydrogen) atoms. The van der Waals surface area contributed by atoms with Gasteiger partial charge < -0.3 is 14.6 Å². The van der Waals surface area contributed by atoms with Gasteiger partial charge in [-0.25, -0.2) is 9.36 Å². The van der Waals surface area contributed by atoms with Crippen LogP contribution < -0.4 is 14.9 Å². The van der Waals surface area contributed by atoms with Crippen LogP contribution in [-0.4, -0.2) is 30.0 Å². The van der Waals surface area contributed by atoms with Crippen LogP contribution in [0.25, 0.3) is 22.0 Å². The Balaban J connectivity index is 2.48. The number of carbonyl (C=O) groups is 1. The number of aromatic nitrogens is 1. The number of aryl methyl sites for hydroxylation is 1. The molecule has 1 N–H and O–H groups in total. The van der Waals surface area contributed by atoms with E-state index in [9.17, 15) is 14.7 Å². The third-order valence-electron chi connectivity index (χ3n) is 4.39. The fraction of sp³-hybridized carbons (Fsp3) is 0.200. The summed E-state index contributed by atoms with van der Waals surface area (Å²) in [5.74, 6) is 1.04. The Morgan fingerprint density at radius 2 is 1.62 bits per heavy atom. The number of ether oxygens (including phenoxy) is 2. The minimum Gasteiger partial charge on any atom is -0.497 e. The number of rotatable bonds is 3. The Morgan fingerprint density at radius 1 is 1.00 bits per heavy atom. The first kappa shape index (κ1) is 17.5. The molecule has 6 heteroatoms. The minimum atomic E-state index is -1.15. The highest BCUT2D eigenvalue weighted by Crippen LogP contribution is 2.31. The second-order valence-corrected chi connectivity index (χ2v) is 6.03. The van der Waals surface area contributed by atoms with E-state index in [1.54, 1.807) is 43.3 Å². The molecular weight excluding hydrogens is 334 g/mol. The van der Waals surface area contributed by atoms with Crippen LogP contribution in [0.5, 0.6) is 11.5 Å². The number of hydrogen-bond acceptors (Lipinski definition) is 4. The summed E-state index contributed by atoms with van der Waals surface area (Å²) in [4.78, 5) is 25.1. The predicted octanol–water partition coefficient (Wildman–Crippen LogP) is 3.83. The number of nitrogens with zero attached hydrogens (tertiary/aromatic N) is 1. The molecule has 0 saturated carbocycles. The maximum absolute atomic E-state index is 13.2. The van der Waals surface area contributed by atoms with Gasteiger partial charge in [-0.15, -0.1) is 0 Å². The highest BCUT2D eigenvalue weighted by molar-refractivity contribution is 5.93. The van der Waals surface area contributed by atoms with Crippen molar-refractivity contribution in [3.63, 3.8) is 0 Å². The molecule has 6 nitrogen and oxygen atoms in total. The SMILES string of the molecule is COc1cc(OC)cc(-c2c(C)n(C(=O)O)c3ccc(C)cc3c2=O)c1. The number of fused-ring (bicyclic) bond motifs is 1. The lowest BCUT2D eigenvalue weighted by Gasteiger charge is -2.16. The van der Waals surface area contributed by atoms with E-state index in [4.69, 9.17) is 9.47 Å². The van der Waals surface area contributed by atoms with E-state index in [0.29, 0.717) is 39.2 Å². The normalized spacial score (nSPS) is 10.8. The van der Waals surface area contributed by atoms with Crippen molar-refractivity contribution in [1.29, 1.82) is 0 Å². The summed E-state index contributed by atoms with van der Waals surface area (Å²) in [7, 11) is 3.04. The smallest absolute Gasteiger partial charge is 0.416 e. The van der Waals surface area contributed by atoms with Crippen molar-refractivity contribution in [2.24, 2.45) is 0 Å². The summed E-state index contributed by atoms with van der Waals surface area (Å²) >= 11 is 0. The molecule has 0 aliphatic carbocycles. The van der Waals surface area contributed by atoms with Gasteiger partial charge in [0.2, 0.25) is 0 Å². The number of carboxylic acid groups (broad SMARTS) is 1. The molecule has 0 spiro atoms. The van der Waals surface area contributed by atoms with Crippen molar-refractivity contribution >= 4 is 17.0 Å². The second kappa shape index (κ2) is 6.55. The van der Waals surface area contributed by atoms with Gasteiger partial charge in [0.25, 0.3) is 0 Å². The molecule has 3 rings (SSSR count). The number of pyridine rings is 1. The van der Waals surface area contributed by atoms with Crippen LogP contribution >= 0.6 is 0 Å². The van der Waals surface area contributed by atoms with Crippen molar-refractivity contribution in [3.05, 3.63) is 57.9 Å². The molecule has 0 bridgehead atoms. The van der Waals surface area contributed by atoms with E-state index >= 15 is 0 Å². The Morgan fingerprint density at radius 3 is 2.15 bits per heavy atom. The lowest BCUT2D eigenvalue weighted by Crippen LogP contribution is -2.20. The van der Waals surface area contributed by atoms with Gasteiger partial charge in [0.05, 0.1) is 19.7 Å². The third-order valence-corrected chi connectivity index (χ3v) is 4.39. The van der Waals surface area contributed by atoms with E-state index in [-0.39, 0.29) is 5.43 Å². The van der Waals surface area contributed by atoms with Crippen LogP contribution in [0.3, 0.4) is 0 Å². The van der Waals surface area contributed by atoms with Crippen molar-refractivity contribution in [2.45, 2.75) is 13.8 Å². The summed E-state index contributed by atoms with van der Waals surface area (Å²) < 4.78 is 11.7. The summed E-state index contributed by atoms with van der Waals surface area (Å²) in [6.45, 7) is 3.48. The van der Waals surface area contributed by atoms with Gasteiger partial charge in [0, 0.05) is 22.7 Å². The fourth-order valence-electron chi connectivity index (χ4n) is 3.16. The van der Waals surface area contributed by atoms with E-state index < -0.39 is 6.09 Å². The molecule has 134 valence electrons. The van der Waals surface area contributed by atoms with E-state index in [2.05, 4.69) is 0 Å². The molecule has 3 aromatic rings. The molecule has 0 atom stereocenters. The zero-order valence-electron chi connectivity index (χ0n) is 15.0. The summed E-state index contributed by atoms with van der Waals surface area (Å²) in [6, 6.07) is 10.2. The van der Waals surface area contributed by atoms with Crippen LogP contribution in [0.15, 0.2) is 41.2 Å². The van der Waals surface area contributed by atoms with Gasteiger partial charge >= 0.3 is 6.09 Å². The van der Waals surface area contributed by atoms with Crippen LogP contribution in [0, 0.1) is 13.8 Å². The molecule has 0 amide bonds. The summed E-state index contributed by atoms with van der Waals surface area (Å²) in [6.07, 6.45) is -1.15. The number of methoxy groups -OCH3 is 2. The summed E-state index contributed by atoms with van der Waals surface area (Å²) in [5.41, 5.74) is 2.21. The highest BCUT2D eigenvalue weighted by Gasteiger charge is 2.20. The molecule has 0 fully saturated rings. The predicted molar refractivity (Wildman–Crippen MR) is 99.6 cm³/mol. The monoisotopic (exact) mass is 353 g/mol. The molecule has 0 aliphatic rings. The second-order valence-electron chi connectivity index (χ2n) is 6.03. The van der Waals surface area contributed by atoms with E-state index in [0.717, 1.165) is 10.1 Å². The van der Waals surface area contributed by atoms with Crippen LogP contribution in [-0.2, 0) is 0 Å². The average molecular weight is 353 g/mol. The Labute approximate surface area is 150 Å². The summed E-state index contributed by atoms with van der Waals surface area (Å²) in [5, 5.41) is 10.1. The Hall–Kier alpha value is -3.28. The first-order valence-electron chi connectivity index (χ1n) is 8.00. The van der Waals surface area contributed by atoms with Crippen molar-refractivity contribution < 1.29 is 19.4 Å². The molecule has 1 aromatic heterocycles. The van der Waals surface area contributed by atoms with Crippen LogP contribution in [0.1, 0.15) is 11.3 Å². The first-order chi connectivity index (χ1) is 12.4. The topological polar surface area (TPSA) is 77.8 Å². The standard InChI is InChI=1S/C20H19NO5/c1-11-5-6-17-16(7-11)19(22)18(12(2)21(17)20(23)24)13-8-14(25-3)10-15(9-13)26-4/h5-10H,1-4H3,(H,23,24). The first-order valence-corrected chi connectivity index (χ1v) is 8.00. The van der Waals surface area contributed by atoms with E-state index in [1.165, 1.54) is 14.2 Å². The van der Waals surface area contributed by atoms with Gasteiger partial charge in [-0.1, -0.05) is 11.6 Å². The van der Waals surface area contributed by atoms with Gasteiger partial charge in [-0.2, -0.15) is 0 Å². The zero-order chi connectivity index (χ0) is 19.0. The van der Waals surface area contributed by atoms with Crippen molar-refractivity contribution in [1.82, 2.24) is 4.57 Å². The van der Waals surface area contributed by atoms with Crippen LogP contribution in [0.4, 0.5) is 4.79 Å². The van der Waals surface area contributed by atoms with Crippen LogP contribution in [0.2, 0.25) is 0 Å². The maximum Gasteiger partial charge on any atom is 0.416 e. The maximum atomic E-state index is 13.2. The Bertz CT molecular complexity index is 1060. The minimum absolute atomic E-state index is 0.228. The molecule has 0 saturated heterocycles. The highest BCUT2D eigenvalue weighted by atomic mass is 16.5. The average Bonchev–Trinajstić information content (AvgIpc) is 2.61. The molecule has 2 aromatic carbocycles. The lowest BCUT2D eigenvalue weighted by molar-refractivity contribution is 0.197. The largest absolute Gasteiger partial charge is 0.497 e. The number of benzene rings is 2. The zero-order valence-corrected chi connectivity index (χ0v) is 15.0. The molecule has 0 aliphatic heterocycles.